The van der Waals surface area contributed by atoms with Crippen LogP contribution in [0.15, 0.2) is 5.18 Å². The fourth-order valence-corrected chi connectivity index (χ4v) is 0.842. The van der Waals surface area contributed by atoms with Crippen LogP contribution in [0.3, 0.4) is 0 Å². The third kappa shape index (κ3) is 5.90. The summed E-state index contributed by atoms with van der Waals surface area (Å²) in [5.41, 5.74) is 5.30. The van der Waals surface area contributed by atoms with Gasteiger partial charge in [0.2, 0.25) is 0 Å². The Bertz CT molecular complexity index is 93.8. The van der Waals surface area contributed by atoms with Crippen LogP contribution in [-0.2, 0) is 0 Å². The number of nitroso groups, excluding NO2 is 1. The van der Waals surface area contributed by atoms with Gasteiger partial charge in [0.25, 0.3) is 0 Å². The average Bonchev–Trinajstić information content (AvgIpc) is 2.01. The molecule has 0 atom stereocenters. The van der Waals surface area contributed by atoms with Crippen molar-refractivity contribution in [2.75, 3.05) is 39.3 Å². The molecule has 5 heteroatoms. The van der Waals surface area contributed by atoms with E-state index in [2.05, 4.69) is 5.18 Å². The summed E-state index contributed by atoms with van der Waals surface area (Å²) in [5, 5.41) is 11.3. The highest BCUT2D eigenvalue weighted by Gasteiger charge is 2.01. The number of aliphatic hydroxyl groups is 1. The molecule has 5 nitrogen and oxygen atoms in total. The molecule has 0 fully saturated rings. The van der Waals surface area contributed by atoms with Gasteiger partial charge in [0, 0.05) is 26.2 Å². The fraction of sp³-hybridized carbons (Fsp3) is 1.00. The van der Waals surface area contributed by atoms with Crippen LogP contribution >= 0.6 is 0 Å². The molecule has 0 spiro atoms. The SMILES string of the molecule is NCCN(CCO)CCN=O. The van der Waals surface area contributed by atoms with Crippen molar-refractivity contribution in [2.45, 2.75) is 0 Å². The molecule has 0 aliphatic carbocycles. The maximum Gasteiger partial charge on any atom is 0.0938 e. The molecule has 0 aromatic heterocycles. The maximum absolute atomic E-state index is 9.75. The average molecular weight is 161 g/mol. The molecule has 0 aromatic rings. The number of nitrogens with two attached hydrogens (primary N) is 1. The molecule has 66 valence electrons. The number of aliphatic hydroxyl groups excluding tert-OH is 1. The van der Waals surface area contributed by atoms with E-state index >= 15 is 0 Å². The van der Waals surface area contributed by atoms with Crippen molar-refractivity contribution in [3.8, 4) is 0 Å². The lowest BCUT2D eigenvalue weighted by Crippen LogP contribution is -2.33. The normalized spacial score (nSPS) is 10.5. The van der Waals surface area contributed by atoms with Gasteiger partial charge in [0.05, 0.1) is 13.2 Å². The maximum atomic E-state index is 9.75. The van der Waals surface area contributed by atoms with E-state index in [1.54, 1.807) is 0 Å². The molecule has 0 amide bonds. The summed E-state index contributed by atoms with van der Waals surface area (Å²) >= 11 is 0. The molecule has 0 aliphatic heterocycles. The second kappa shape index (κ2) is 7.59. The molecule has 3 N–H and O–H groups in total. The highest BCUT2D eigenvalue weighted by Crippen LogP contribution is 1.85. The van der Waals surface area contributed by atoms with E-state index in [1.807, 2.05) is 4.90 Å². The summed E-state index contributed by atoms with van der Waals surface area (Å²) in [5.74, 6) is 0. The van der Waals surface area contributed by atoms with E-state index in [-0.39, 0.29) is 13.2 Å². The van der Waals surface area contributed by atoms with Crippen molar-refractivity contribution in [3.63, 3.8) is 0 Å². The lowest BCUT2D eigenvalue weighted by atomic mass is 10.4. The van der Waals surface area contributed by atoms with Gasteiger partial charge in [-0.2, -0.15) is 4.91 Å². The van der Waals surface area contributed by atoms with Gasteiger partial charge in [-0.1, -0.05) is 5.18 Å². The molecule has 0 rings (SSSR count). The predicted octanol–water partition coefficient (Wildman–Crippen LogP) is -0.994. The predicted molar refractivity (Wildman–Crippen MR) is 43.2 cm³/mol. The Labute approximate surface area is 66.2 Å². The quantitative estimate of drug-likeness (QED) is 0.470. The first-order chi connectivity index (χ1) is 5.35. The monoisotopic (exact) mass is 161 g/mol. The zero-order valence-electron chi connectivity index (χ0n) is 6.57. The van der Waals surface area contributed by atoms with Crippen molar-refractivity contribution in [3.05, 3.63) is 4.91 Å². The lowest BCUT2D eigenvalue weighted by molar-refractivity contribution is 0.202. The first kappa shape index (κ1) is 10.5. The standard InChI is InChI=1S/C6H15N3O2/c7-1-3-9(5-6-10)4-2-8-11/h10H,1-7H2. The molecule has 0 aromatic carbocycles. The van der Waals surface area contributed by atoms with Gasteiger partial charge in [0.1, 0.15) is 0 Å². The minimum absolute atomic E-state index is 0.0961. The molecule has 11 heavy (non-hydrogen) atoms. The van der Waals surface area contributed by atoms with Crippen molar-refractivity contribution in [1.82, 2.24) is 4.90 Å². The Kier molecular flexibility index (Phi) is 7.23. The van der Waals surface area contributed by atoms with Crippen LogP contribution in [0.1, 0.15) is 0 Å². The first-order valence-corrected chi connectivity index (χ1v) is 3.67. The second-order valence-electron chi connectivity index (χ2n) is 2.21. The largest absolute Gasteiger partial charge is 0.395 e. The molecular formula is C6H15N3O2. The van der Waals surface area contributed by atoms with E-state index < -0.39 is 0 Å². The Hall–Kier alpha value is -0.520. The lowest BCUT2D eigenvalue weighted by Gasteiger charge is -2.17. The van der Waals surface area contributed by atoms with Gasteiger partial charge in [-0.3, -0.25) is 4.90 Å². The molecule has 0 unspecified atom stereocenters. The number of hydrogen-bond donors (Lipinski definition) is 2. The summed E-state index contributed by atoms with van der Waals surface area (Å²) < 4.78 is 0. The van der Waals surface area contributed by atoms with Gasteiger partial charge >= 0.3 is 0 Å². The number of nitrogens with zero attached hydrogens (tertiary/aromatic N) is 2. The van der Waals surface area contributed by atoms with Gasteiger partial charge in [-0.25, -0.2) is 0 Å². The molecule has 0 bridgehead atoms. The van der Waals surface area contributed by atoms with E-state index in [4.69, 9.17) is 10.8 Å². The molecule has 0 saturated heterocycles. The summed E-state index contributed by atoms with van der Waals surface area (Å²) in [6.07, 6.45) is 0. The van der Waals surface area contributed by atoms with Gasteiger partial charge in [0.15, 0.2) is 0 Å². The summed E-state index contributed by atoms with van der Waals surface area (Å²) in [6.45, 7) is 2.75. The van der Waals surface area contributed by atoms with Crippen molar-refractivity contribution < 1.29 is 5.11 Å². The third-order valence-electron chi connectivity index (χ3n) is 1.37. The summed E-state index contributed by atoms with van der Waals surface area (Å²) in [6, 6.07) is 0. The zero-order valence-corrected chi connectivity index (χ0v) is 6.57. The van der Waals surface area contributed by atoms with Crippen LogP contribution in [0.2, 0.25) is 0 Å². The van der Waals surface area contributed by atoms with Crippen molar-refractivity contribution in [1.29, 1.82) is 0 Å². The van der Waals surface area contributed by atoms with Crippen LogP contribution in [0.4, 0.5) is 0 Å². The summed E-state index contributed by atoms with van der Waals surface area (Å²) in [4.78, 5) is 11.7. The minimum atomic E-state index is 0.0961. The zero-order chi connectivity index (χ0) is 8.53. The fourth-order valence-electron chi connectivity index (χ4n) is 0.842. The molecule has 0 radical (unpaired) electrons. The molecule has 0 aliphatic rings. The van der Waals surface area contributed by atoms with Crippen molar-refractivity contribution >= 4 is 0 Å². The topological polar surface area (TPSA) is 78.9 Å². The van der Waals surface area contributed by atoms with Crippen LogP contribution in [0.5, 0.6) is 0 Å². The van der Waals surface area contributed by atoms with Crippen LogP contribution in [0, 0.1) is 4.91 Å². The smallest absolute Gasteiger partial charge is 0.0938 e. The van der Waals surface area contributed by atoms with Crippen LogP contribution in [-0.4, -0.2) is 49.3 Å². The first-order valence-electron chi connectivity index (χ1n) is 3.67. The Balaban J connectivity index is 3.41. The second-order valence-corrected chi connectivity index (χ2v) is 2.21. The Morgan fingerprint density at radius 2 is 2.09 bits per heavy atom. The van der Waals surface area contributed by atoms with Crippen molar-refractivity contribution in [2.24, 2.45) is 10.9 Å². The number of rotatable bonds is 7. The molecule has 0 saturated carbocycles. The Morgan fingerprint density at radius 3 is 2.55 bits per heavy atom. The van der Waals surface area contributed by atoms with Gasteiger partial charge in [-0.15, -0.1) is 0 Å². The van der Waals surface area contributed by atoms with E-state index in [9.17, 15) is 4.91 Å². The van der Waals surface area contributed by atoms with Crippen LogP contribution < -0.4 is 5.73 Å². The molecule has 0 heterocycles. The highest BCUT2D eigenvalue weighted by molar-refractivity contribution is 4.58. The van der Waals surface area contributed by atoms with Gasteiger partial charge in [-0.05, 0) is 0 Å². The van der Waals surface area contributed by atoms with E-state index in [0.29, 0.717) is 26.2 Å². The minimum Gasteiger partial charge on any atom is -0.395 e. The highest BCUT2D eigenvalue weighted by atomic mass is 16.3. The van der Waals surface area contributed by atoms with E-state index in [1.165, 1.54) is 0 Å². The van der Waals surface area contributed by atoms with E-state index in [0.717, 1.165) is 0 Å². The van der Waals surface area contributed by atoms with Crippen LogP contribution in [0.25, 0.3) is 0 Å². The molecular weight excluding hydrogens is 146 g/mol. The number of hydrogen-bond acceptors (Lipinski definition) is 5. The van der Waals surface area contributed by atoms with Gasteiger partial charge < -0.3 is 10.8 Å². The summed E-state index contributed by atoms with van der Waals surface area (Å²) in [7, 11) is 0. The third-order valence-corrected chi connectivity index (χ3v) is 1.37. The Morgan fingerprint density at radius 1 is 1.36 bits per heavy atom.